The topological polar surface area (TPSA) is 0 Å². The maximum Gasteiger partial charge on any atom is 0.200 e. The number of benzene rings is 1. The van der Waals surface area contributed by atoms with Gasteiger partial charge in [-0.3, -0.25) is 0 Å². The highest BCUT2D eigenvalue weighted by molar-refractivity contribution is 7.67. The van der Waals surface area contributed by atoms with Gasteiger partial charge in [0.05, 0.1) is 5.30 Å². The highest BCUT2D eigenvalue weighted by atomic mass is 31.1. The highest BCUT2D eigenvalue weighted by Gasteiger charge is 2.38. The maximum absolute atomic E-state index is 14.5. The minimum Gasteiger partial charge on any atom is -0.203 e. The van der Waals surface area contributed by atoms with Crippen LogP contribution in [0.2, 0.25) is 0 Å². The van der Waals surface area contributed by atoms with Gasteiger partial charge in [0.25, 0.3) is 0 Å². The zero-order chi connectivity index (χ0) is 17.3. The third-order valence-corrected chi connectivity index (χ3v) is 8.90. The minimum absolute atomic E-state index is 0.0742. The van der Waals surface area contributed by atoms with E-state index in [0.717, 1.165) is 64.2 Å². The first kappa shape index (κ1) is 18.1. The molecule has 0 N–H and O–H groups in total. The second-order valence-electron chi connectivity index (χ2n) is 6.91. The molecule has 2 aliphatic carbocycles. The summed E-state index contributed by atoms with van der Waals surface area (Å²) in [5, 5.41) is -0.486. The summed E-state index contributed by atoms with van der Waals surface area (Å²) in [7, 11) is -1.38. The molecule has 0 amide bonds. The largest absolute Gasteiger partial charge is 0.203 e. The molecule has 0 unspecified atom stereocenters. The van der Waals surface area contributed by atoms with Gasteiger partial charge in [0, 0.05) is 0 Å². The summed E-state index contributed by atoms with van der Waals surface area (Å²) in [5.74, 6) is -8.80. The summed E-state index contributed by atoms with van der Waals surface area (Å²) < 4.78 is 69.8. The van der Waals surface area contributed by atoms with E-state index in [1.807, 2.05) is 0 Å². The van der Waals surface area contributed by atoms with Crippen molar-refractivity contribution < 1.29 is 22.0 Å². The molecule has 6 heteroatoms. The van der Waals surface area contributed by atoms with E-state index in [-0.39, 0.29) is 11.3 Å². The lowest BCUT2D eigenvalue weighted by Crippen LogP contribution is -2.31. The van der Waals surface area contributed by atoms with E-state index in [2.05, 4.69) is 0 Å². The van der Waals surface area contributed by atoms with Gasteiger partial charge in [-0.2, -0.15) is 0 Å². The number of hydrogen-bond acceptors (Lipinski definition) is 0. The van der Waals surface area contributed by atoms with Gasteiger partial charge in [-0.1, -0.05) is 46.4 Å². The Balaban J connectivity index is 2.07. The molecule has 1 aromatic rings. The van der Waals surface area contributed by atoms with Gasteiger partial charge in [-0.05, 0) is 37.0 Å². The van der Waals surface area contributed by atoms with Crippen LogP contribution in [0, 0.1) is 29.1 Å². The van der Waals surface area contributed by atoms with Crippen LogP contribution in [0.1, 0.15) is 64.2 Å². The molecule has 0 aliphatic heterocycles. The first-order chi connectivity index (χ1) is 11.5. The predicted octanol–water partition coefficient (Wildman–Crippen LogP) is 6.15. The Hall–Kier alpha value is -0.700. The molecule has 134 valence electrons. The first-order valence-electron chi connectivity index (χ1n) is 8.82. The maximum atomic E-state index is 14.5. The molecule has 24 heavy (non-hydrogen) atoms. The normalized spacial score (nSPS) is 20.8. The third-order valence-electron chi connectivity index (χ3n) is 5.38. The molecule has 2 fully saturated rings. The zero-order valence-corrected chi connectivity index (χ0v) is 14.5. The molecule has 0 spiro atoms. The van der Waals surface area contributed by atoms with E-state index in [4.69, 9.17) is 0 Å². The van der Waals surface area contributed by atoms with Gasteiger partial charge in [0.1, 0.15) is 0 Å². The van der Waals surface area contributed by atoms with E-state index in [0.29, 0.717) is 0 Å². The van der Waals surface area contributed by atoms with Crippen molar-refractivity contribution in [2.45, 2.75) is 75.5 Å². The van der Waals surface area contributed by atoms with Crippen LogP contribution in [0.4, 0.5) is 22.0 Å². The highest BCUT2D eigenvalue weighted by Crippen LogP contribution is 2.56. The summed E-state index contributed by atoms with van der Waals surface area (Å²) in [4.78, 5) is 0. The summed E-state index contributed by atoms with van der Waals surface area (Å²) in [6.45, 7) is 0. The Morgan fingerprint density at radius 3 is 1.21 bits per heavy atom. The second kappa shape index (κ2) is 7.68. The molecule has 2 aliphatic rings. The van der Waals surface area contributed by atoms with Gasteiger partial charge in [-0.15, -0.1) is 0 Å². The van der Waals surface area contributed by atoms with Crippen molar-refractivity contribution >= 4 is 13.2 Å². The zero-order valence-electron chi connectivity index (χ0n) is 13.6. The average molecular weight is 364 g/mol. The van der Waals surface area contributed by atoms with Gasteiger partial charge in [0.15, 0.2) is 23.3 Å². The van der Waals surface area contributed by atoms with Crippen molar-refractivity contribution in [3.8, 4) is 0 Å². The van der Waals surface area contributed by atoms with Crippen LogP contribution in [-0.2, 0) is 0 Å². The predicted molar refractivity (Wildman–Crippen MR) is 86.5 cm³/mol. The molecular formula is C18H22F5P. The molecule has 1 aromatic carbocycles. The van der Waals surface area contributed by atoms with Crippen LogP contribution in [-0.4, -0.2) is 11.3 Å². The number of halogens is 5. The molecule has 0 atom stereocenters. The van der Waals surface area contributed by atoms with Crippen molar-refractivity contribution in [3.05, 3.63) is 29.1 Å². The quantitative estimate of drug-likeness (QED) is 0.261. The molecule has 0 saturated heterocycles. The molecule has 0 bridgehead atoms. The first-order valence-corrected chi connectivity index (χ1v) is 10.3. The molecule has 2 saturated carbocycles. The number of hydrogen-bond donors (Lipinski definition) is 0. The standard InChI is InChI=1S/C18H22F5P/c19-13-14(20)16(22)18(17(23)15(13)21)24(11-7-3-1-4-8-11)12-9-5-2-6-10-12/h11-12H,1-10H2. The third kappa shape index (κ3) is 3.34. The van der Waals surface area contributed by atoms with Crippen molar-refractivity contribution in [2.24, 2.45) is 0 Å². The Bertz CT molecular complexity index is 545. The van der Waals surface area contributed by atoms with E-state index in [9.17, 15) is 22.0 Å². The van der Waals surface area contributed by atoms with Crippen LogP contribution >= 0.6 is 7.92 Å². The van der Waals surface area contributed by atoms with Crippen LogP contribution < -0.4 is 5.30 Å². The lowest BCUT2D eigenvalue weighted by atomic mass is 9.99. The summed E-state index contributed by atoms with van der Waals surface area (Å²) >= 11 is 0. The minimum atomic E-state index is -2.05. The second-order valence-corrected chi connectivity index (χ2v) is 9.63. The Kier molecular flexibility index (Phi) is 5.79. The number of rotatable bonds is 3. The monoisotopic (exact) mass is 364 g/mol. The molecule has 0 radical (unpaired) electrons. The summed E-state index contributed by atoms with van der Waals surface area (Å²) in [6, 6.07) is 0. The van der Waals surface area contributed by atoms with Crippen LogP contribution in [0.3, 0.4) is 0 Å². The lowest BCUT2D eigenvalue weighted by Gasteiger charge is -2.39. The van der Waals surface area contributed by atoms with Crippen LogP contribution in [0.15, 0.2) is 0 Å². The van der Waals surface area contributed by atoms with Crippen molar-refractivity contribution in [1.29, 1.82) is 0 Å². The Labute approximate surface area is 140 Å². The summed E-state index contributed by atoms with van der Waals surface area (Å²) in [5.41, 5.74) is 0.148. The van der Waals surface area contributed by atoms with E-state index < -0.39 is 42.3 Å². The van der Waals surface area contributed by atoms with Crippen molar-refractivity contribution in [2.75, 3.05) is 0 Å². The van der Waals surface area contributed by atoms with Crippen LogP contribution in [0.25, 0.3) is 0 Å². The Morgan fingerprint density at radius 1 is 0.500 bits per heavy atom. The van der Waals surface area contributed by atoms with Gasteiger partial charge >= 0.3 is 0 Å². The molecular weight excluding hydrogens is 342 g/mol. The van der Waals surface area contributed by atoms with Gasteiger partial charge < -0.3 is 0 Å². The fourth-order valence-electron chi connectivity index (χ4n) is 4.20. The molecule has 0 nitrogen and oxygen atoms in total. The van der Waals surface area contributed by atoms with E-state index in [1.165, 1.54) is 0 Å². The lowest BCUT2D eigenvalue weighted by molar-refractivity contribution is 0.383. The van der Waals surface area contributed by atoms with Gasteiger partial charge in [0.2, 0.25) is 5.82 Å². The molecule has 0 aromatic heterocycles. The Morgan fingerprint density at radius 2 is 0.833 bits per heavy atom. The van der Waals surface area contributed by atoms with Gasteiger partial charge in [-0.25, -0.2) is 22.0 Å². The fraction of sp³-hybridized carbons (Fsp3) is 0.667. The van der Waals surface area contributed by atoms with E-state index in [1.54, 1.807) is 0 Å². The van der Waals surface area contributed by atoms with Crippen molar-refractivity contribution in [3.63, 3.8) is 0 Å². The van der Waals surface area contributed by atoms with Crippen molar-refractivity contribution in [1.82, 2.24) is 0 Å². The molecule has 0 heterocycles. The van der Waals surface area contributed by atoms with Crippen LogP contribution in [0.5, 0.6) is 0 Å². The SMILES string of the molecule is Fc1c(F)c(F)c(P(C2CCCCC2)C2CCCCC2)c(F)c1F. The summed E-state index contributed by atoms with van der Waals surface area (Å²) in [6.07, 6.45) is 9.42. The van der Waals surface area contributed by atoms with E-state index >= 15 is 0 Å². The average Bonchev–Trinajstić information content (AvgIpc) is 2.63. The molecule has 3 rings (SSSR count). The smallest absolute Gasteiger partial charge is 0.200 e. The fourth-order valence-corrected chi connectivity index (χ4v) is 8.02.